The van der Waals surface area contributed by atoms with Crippen LogP contribution in [0, 0.1) is 0 Å². The maximum atomic E-state index is 3.91. The van der Waals surface area contributed by atoms with Gasteiger partial charge in [-0.15, -0.1) is 5.10 Å². The van der Waals surface area contributed by atoms with Gasteiger partial charge in [0.05, 0.1) is 5.69 Å². The predicted octanol–water partition coefficient (Wildman–Crippen LogP) is 2.15. The molecule has 0 N–H and O–H groups in total. The summed E-state index contributed by atoms with van der Waals surface area (Å²) in [7, 11) is 0. The Morgan fingerprint density at radius 1 is 1.29 bits per heavy atom. The Hall–Kier alpha value is -0.880. The minimum Gasteiger partial charge on any atom is -0.188 e. The summed E-state index contributed by atoms with van der Waals surface area (Å²) < 4.78 is 2.75. The van der Waals surface area contributed by atoms with Gasteiger partial charge in [-0.1, -0.05) is 27.7 Å². The summed E-state index contributed by atoms with van der Waals surface area (Å²) in [4.78, 5) is 0. The van der Waals surface area contributed by atoms with Crippen LogP contribution in [0.2, 0.25) is 0 Å². The predicted molar refractivity (Wildman–Crippen MR) is 58.6 cm³/mol. The second kappa shape index (κ2) is 4.10. The van der Waals surface area contributed by atoms with Crippen molar-refractivity contribution in [3.8, 4) is 5.69 Å². The Kier molecular flexibility index (Phi) is 2.83. The molecule has 0 saturated carbocycles. The average molecular weight is 271 g/mol. The molecule has 0 saturated heterocycles. The molecule has 0 fully saturated rings. The summed E-state index contributed by atoms with van der Waals surface area (Å²) >= 11 is 4.89. The van der Waals surface area contributed by atoms with Gasteiger partial charge in [-0.3, -0.25) is 0 Å². The molecule has 0 aliphatic rings. The summed E-state index contributed by atoms with van der Waals surface area (Å²) in [6, 6.07) is 7.84. The highest BCUT2D eigenvalue weighted by Gasteiger charge is 2.05. The smallest absolute Gasteiger partial charge is 0.188 e. The van der Waals surface area contributed by atoms with Gasteiger partial charge in [-0.25, -0.2) is 0 Å². The van der Waals surface area contributed by atoms with Crippen LogP contribution in [-0.4, -0.2) is 26.5 Å². The lowest BCUT2D eigenvalue weighted by atomic mass is 10.3. The molecule has 14 heavy (non-hydrogen) atoms. The Bertz CT molecular complexity index is 425. The molecule has 1 aromatic heterocycles. The van der Waals surface area contributed by atoms with Gasteiger partial charge in [0.25, 0.3) is 0 Å². The molecule has 0 atom stereocenters. The topological polar surface area (TPSA) is 43.6 Å². The zero-order valence-corrected chi connectivity index (χ0v) is 9.79. The normalized spacial score (nSPS) is 10.4. The summed E-state index contributed by atoms with van der Waals surface area (Å²) in [6.45, 7) is 0. The quantitative estimate of drug-likeness (QED) is 0.785. The van der Waals surface area contributed by atoms with Crippen LogP contribution in [0.4, 0.5) is 0 Å². The van der Waals surface area contributed by atoms with Gasteiger partial charge in [-0.2, -0.15) is 4.68 Å². The van der Waals surface area contributed by atoms with Crippen molar-refractivity contribution < 1.29 is 0 Å². The van der Waals surface area contributed by atoms with Crippen molar-refractivity contribution in [3.63, 3.8) is 0 Å². The Morgan fingerprint density at radius 3 is 2.64 bits per heavy atom. The number of aromatic nitrogens is 4. The van der Waals surface area contributed by atoms with E-state index in [4.69, 9.17) is 0 Å². The lowest BCUT2D eigenvalue weighted by molar-refractivity contribution is 0.757. The van der Waals surface area contributed by atoms with E-state index < -0.39 is 0 Å². The standard InChI is InChI=1S/C8H7BrN4S/c1-14-8-10-11-12-13(8)7-4-2-6(9)3-5-7/h2-5H,1H3. The molecule has 4 nitrogen and oxygen atoms in total. The summed E-state index contributed by atoms with van der Waals surface area (Å²) in [6.07, 6.45) is 1.95. The fourth-order valence-electron chi connectivity index (χ4n) is 1.05. The van der Waals surface area contributed by atoms with Crippen molar-refractivity contribution in [2.45, 2.75) is 5.16 Å². The summed E-state index contributed by atoms with van der Waals surface area (Å²) in [5.74, 6) is 0. The highest BCUT2D eigenvalue weighted by atomic mass is 79.9. The van der Waals surface area contributed by atoms with Gasteiger partial charge in [0, 0.05) is 4.47 Å². The zero-order valence-electron chi connectivity index (χ0n) is 7.38. The third kappa shape index (κ3) is 1.80. The molecule has 0 unspecified atom stereocenters. The van der Waals surface area contributed by atoms with Gasteiger partial charge >= 0.3 is 0 Å². The summed E-state index contributed by atoms with van der Waals surface area (Å²) in [5, 5.41) is 12.2. The molecular formula is C8H7BrN4S. The van der Waals surface area contributed by atoms with E-state index >= 15 is 0 Å². The van der Waals surface area contributed by atoms with Crippen molar-refractivity contribution in [1.29, 1.82) is 0 Å². The molecule has 6 heteroatoms. The molecule has 1 aromatic carbocycles. The second-order valence-corrected chi connectivity index (χ2v) is 4.24. The minimum atomic E-state index is 0.785. The zero-order chi connectivity index (χ0) is 9.97. The van der Waals surface area contributed by atoms with Gasteiger partial charge in [0.15, 0.2) is 0 Å². The van der Waals surface area contributed by atoms with Gasteiger partial charge in [0.2, 0.25) is 5.16 Å². The van der Waals surface area contributed by atoms with Gasteiger partial charge in [-0.05, 0) is 40.9 Å². The molecular weight excluding hydrogens is 264 g/mol. The SMILES string of the molecule is CSc1nnnn1-c1ccc(Br)cc1. The average Bonchev–Trinajstić information content (AvgIpc) is 2.67. The lowest BCUT2D eigenvalue weighted by Crippen LogP contribution is -1.97. The molecule has 0 spiro atoms. The fraction of sp³-hybridized carbons (Fsp3) is 0.125. The lowest BCUT2D eigenvalue weighted by Gasteiger charge is -2.01. The number of benzene rings is 1. The van der Waals surface area contributed by atoms with E-state index in [9.17, 15) is 0 Å². The van der Waals surface area contributed by atoms with E-state index in [-0.39, 0.29) is 0 Å². The maximum Gasteiger partial charge on any atom is 0.213 e. The molecule has 72 valence electrons. The van der Waals surface area contributed by atoms with Gasteiger partial charge < -0.3 is 0 Å². The monoisotopic (exact) mass is 270 g/mol. The van der Waals surface area contributed by atoms with Crippen LogP contribution in [0.1, 0.15) is 0 Å². The van der Waals surface area contributed by atoms with Gasteiger partial charge in [0.1, 0.15) is 0 Å². The van der Waals surface area contributed by atoms with E-state index in [1.165, 1.54) is 11.8 Å². The van der Waals surface area contributed by atoms with Crippen LogP contribution in [0.3, 0.4) is 0 Å². The maximum absolute atomic E-state index is 3.91. The molecule has 0 aliphatic carbocycles. The van der Waals surface area contributed by atoms with Crippen molar-refractivity contribution in [2.24, 2.45) is 0 Å². The van der Waals surface area contributed by atoms with E-state index in [1.807, 2.05) is 30.5 Å². The number of rotatable bonds is 2. The first-order valence-electron chi connectivity index (χ1n) is 3.89. The van der Waals surface area contributed by atoms with E-state index in [0.717, 1.165) is 15.3 Å². The van der Waals surface area contributed by atoms with Crippen molar-refractivity contribution in [2.75, 3.05) is 6.26 Å². The molecule has 0 amide bonds. The third-order valence-corrected chi connectivity index (χ3v) is 2.84. The number of thioether (sulfide) groups is 1. The first-order valence-corrected chi connectivity index (χ1v) is 5.91. The van der Waals surface area contributed by atoms with Crippen LogP contribution >= 0.6 is 27.7 Å². The van der Waals surface area contributed by atoms with E-state index in [1.54, 1.807) is 4.68 Å². The van der Waals surface area contributed by atoms with Crippen LogP contribution in [0.25, 0.3) is 5.69 Å². The first kappa shape index (κ1) is 9.67. The van der Waals surface area contributed by atoms with Crippen LogP contribution in [0.5, 0.6) is 0 Å². The highest BCUT2D eigenvalue weighted by molar-refractivity contribution is 9.10. The van der Waals surface area contributed by atoms with Crippen LogP contribution in [0.15, 0.2) is 33.9 Å². The van der Waals surface area contributed by atoms with Crippen LogP contribution in [-0.2, 0) is 0 Å². The number of hydrogen-bond donors (Lipinski definition) is 0. The first-order chi connectivity index (χ1) is 6.81. The summed E-state index contributed by atoms with van der Waals surface area (Å²) in [5.41, 5.74) is 0.961. The number of halogens is 1. The molecule has 2 rings (SSSR count). The Labute approximate surface area is 93.8 Å². The van der Waals surface area contributed by atoms with Crippen molar-refractivity contribution >= 4 is 27.7 Å². The largest absolute Gasteiger partial charge is 0.213 e. The molecule has 1 heterocycles. The van der Waals surface area contributed by atoms with Crippen molar-refractivity contribution in [1.82, 2.24) is 20.2 Å². The number of nitrogens with zero attached hydrogens (tertiary/aromatic N) is 4. The number of tetrazole rings is 1. The Balaban J connectivity index is 2.44. The van der Waals surface area contributed by atoms with Crippen LogP contribution < -0.4 is 0 Å². The minimum absolute atomic E-state index is 0.785. The highest BCUT2D eigenvalue weighted by Crippen LogP contribution is 2.17. The molecule has 2 aromatic rings. The second-order valence-electron chi connectivity index (χ2n) is 2.55. The molecule has 0 radical (unpaired) electrons. The van der Waals surface area contributed by atoms with Crippen molar-refractivity contribution in [3.05, 3.63) is 28.7 Å². The van der Waals surface area contributed by atoms with E-state index in [0.29, 0.717) is 0 Å². The third-order valence-electron chi connectivity index (χ3n) is 1.69. The number of hydrogen-bond acceptors (Lipinski definition) is 4. The van der Waals surface area contributed by atoms with E-state index in [2.05, 4.69) is 31.5 Å². The molecule has 0 aliphatic heterocycles. The molecule has 0 bridgehead atoms. The Morgan fingerprint density at radius 2 is 2.00 bits per heavy atom. The fourth-order valence-corrected chi connectivity index (χ4v) is 1.75.